The number of hydrogen-bond acceptors (Lipinski definition) is 4. The van der Waals surface area contributed by atoms with Crippen LogP contribution in [-0.2, 0) is 4.79 Å². The number of fused-ring (bicyclic) bond motifs is 1. The number of carbonyl (C=O) groups excluding carboxylic acids is 1. The quantitative estimate of drug-likeness (QED) is 0.502. The van der Waals surface area contributed by atoms with Crippen LogP contribution >= 0.6 is 23.4 Å². The Balaban J connectivity index is 1.52. The molecule has 0 aliphatic carbocycles. The van der Waals surface area contributed by atoms with Gasteiger partial charge in [-0.2, -0.15) is 15.1 Å². The summed E-state index contributed by atoms with van der Waals surface area (Å²) in [5.74, 6) is -1.00. The van der Waals surface area contributed by atoms with E-state index in [1.807, 2.05) is 54.8 Å². The van der Waals surface area contributed by atoms with Gasteiger partial charge in [0.15, 0.2) is 5.84 Å². The summed E-state index contributed by atoms with van der Waals surface area (Å²) in [4.78, 5) is 17.0. The van der Waals surface area contributed by atoms with E-state index in [1.165, 1.54) is 22.8 Å². The van der Waals surface area contributed by atoms with E-state index in [0.29, 0.717) is 15.9 Å². The molecule has 2 aliphatic rings. The lowest BCUT2D eigenvalue weighted by molar-refractivity contribution is -0.114. The van der Waals surface area contributed by atoms with Crippen LogP contribution in [0.25, 0.3) is 11.8 Å². The summed E-state index contributed by atoms with van der Waals surface area (Å²) in [6.45, 7) is 3.80. The lowest BCUT2D eigenvalue weighted by atomic mass is 10.1. The van der Waals surface area contributed by atoms with Crippen LogP contribution in [0.1, 0.15) is 22.5 Å². The first-order valence-corrected chi connectivity index (χ1v) is 11.2. The summed E-state index contributed by atoms with van der Waals surface area (Å²) in [6, 6.07) is 16.0. The second-order valence-electron chi connectivity index (χ2n) is 7.55. The fraction of sp³-hybridized carbons (Fsp3) is 0.0833. The number of aryl methyl sites for hydroxylation is 1. The van der Waals surface area contributed by atoms with Gasteiger partial charge in [0, 0.05) is 22.6 Å². The Morgan fingerprint density at radius 3 is 2.61 bits per heavy atom. The molecule has 6 nitrogen and oxygen atoms in total. The minimum Gasteiger partial charge on any atom is -0.318 e. The molecule has 0 saturated carbocycles. The summed E-state index contributed by atoms with van der Waals surface area (Å²) in [7, 11) is 0. The van der Waals surface area contributed by atoms with Crippen LogP contribution < -0.4 is 0 Å². The zero-order valence-corrected chi connectivity index (χ0v) is 19.2. The molecule has 0 fully saturated rings. The van der Waals surface area contributed by atoms with Gasteiger partial charge >= 0.3 is 0 Å². The van der Waals surface area contributed by atoms with E-state index < -0.39 is 11.7 Å². The van der Waals surface area contributed by atoms with Crippen LogP contribution in [0.5, 0.6) is 0 Å². The van der Waals surface area contributed by atoms with E-state index in [2.05, 4.69) is 10.1 Å². The minimum atomic E-state index is -0.488. The van der Waals surface area contributed by atoms with Gasteiger partial charge in [-0.25, -0.2) is 4.39 Å². The largest absolute Gasteiger partial charge is 0.318 e. The molecule has 0 atom stereocenters. The number of nitrogens with zero attached hydrogens (tertiary/aromatic N) is 4. The van der Waals surface area contributed by atoms with Crippen LogP contribution in [-0.4, -0.2) is 31.5 Å². The Bertz CT molecular complexity index is 1420. The van der Waals surface area contributed by atoms with Crippen molar-refractivity contribution in [1.29, 1.82) is 5.41 Å². The smallest absolute Gasteiger partial charge is 0.283 e. The molecule has 3 heterocycles. The van der Waals surface area contributed by atoms with E-state index in [-0.39, 0.29) is 16.4 Å². The van der Waals surface area contributed by atoms with Crippen molar-refractivity contribution in [3.05, 3.63) is 93.5 Å². The molecule has 0 radical (unpaired) electrons. The number of amidine groups is 2. The fourth-order valence-corrected chi connectivity index (χ4v) is 4.87. The standard InChI is InChI=1S/C24H17ClFN5OS/c1-13-10-16(14(2)30(13)17-8-9-20(26)19(25)12-17)11-18-21(27)31-24(28-22(18)32)33-23(29-31)15-6-4-3-5-7-15/h3-12,27H,1-2H3/b18-11+,27-21?. The second kappa shape index (κ2) is 8.13. The summed E-state index contributed by atoms with van der Waals surface area (Å²) < 4.78 is 15.5. The number of hydrogen-bond donors (Lipinski definition) is 1. The number of carbonyl (C=O) groups is 1. The highest BCUT2D eigenvalue weighted by Crippen LogP contribution is 2.32. The Kier molecular flexibility index (Phi) is 5.26. The molecule has 9 heteroatoms. The van der Waals surface area contributed by atoms with E-state index >= 15 is 0 Å². The van der Waals surface area contributed by atoms with Gasteiger partial charge in [0.2, 0.25) is 5.17 Å². The predicted octanol–water partition coefficient (Wildman–Crippen LogP) is 5.55. The molecule has 5 rings (SSSR count). The van der Waals surface area contributed by atoms with Gasteiger partial charge in [0.25, 0.3) is 5.91 Å². The molecule has 2 aromatic carbocycles. The molecular weight excluding hydrogens is 461 g/mol. The van der Waals surface area contributed by atoms with E-state index in [4.69, 9.17) is 17.0 Å². The third-order valence-electron chi connectivity index (χ3n) is 5.41. The number of benzene rings is 2. The average molecular weight is 478 g/mol. The van der Waals surface area contributed by atoms with Crippen LogP contribution in [0.15, 0.2) is 70.3 Å². The molecule has 1 amide bonds. The summed E-state index contributed by atoms with van der Waals surface area (Å²) in [5.41, 5.74) is 4.20. The maximum absolute atomic E-state index is 13.6. The molecule has 0 unspecified atom stereocenters. The zero-order chi connectivity index (χ0) is 23.3. The van der Waals surface area contributed by atoms with Crippen LogP contribution in [0, 0.1) is 25.1 Å². The highest BCUT2D eigenvalue weighted by atomic mass is 35.5. The van der Waals surface area contributed by atoms with Crippen molar-refractivity contribution in [2.45, 2.75) is 13.8 Å². The van der Waals surface area contributed by atoms with Crippen LogP contribution in [0.3, 0.4) is 0 Å². The number of halogens is 2. The van der Waals surface area contributed by atoms with E-state index in [1.54, 1.807) is 18.2 Å². The number of hydrazone groups is 1. The van der Waals surface area contributed by atoms with Gasteiger partial charge in [-0.05, 0) is 61.5 Å². The van der Waals surface area contributed by atoms with Crippen LogP contribution in [0.4, 0.5) is 4.39 Å². The monoisotopic (exact) mass is 477 g/mol. The van der Waals surface area contributed by atoms with Gasteiger partial charge in [-0.15, -0.1) is 0 Å². The Morgan fingerprint density at radius 2 is 1.88 bits per heavy atom. The summed E-state index contributed by atoms with van der Waals surface area (Å²) in [5, 5.41) is 15.6. The number of aliphatic imine (C=N–C) groups is 1. The third kappa shape index (κ3) is 3.71. The third-order valence-corrected chi connectivity index (χ3v) is 6.65. The molecule has 2 aliphatic heterocycles. The van der Waals surface area contributed by atoms with Crippen molar-refractivity contribution in [2.75, 3.05) is 0 Å². The van der Waals surface area contributed by atoms with Crippen molar-refractivity contribution in [3.63, 3.8) is 0 Å². The average Bonchev–Trinajstić information content (AvgIpc) is 3.34. The molecule has 3 aromatic rings. The number of thioether (sulfide) groups is 1. The second-order valence-corrected chi connectivity index (χ2v) is 8.91. The normalized spacial score (nSPS) is 16.8. The molecule has 0 spiro atoms. The Hall–Kier alpha value is -3.49. The molecule has 164 valence electrons. The lowest BCUT2D eigenvalue weighted by Crippen LogP contribution is -2.35. The van der Waals surface area contributed by atoms with E-state index in [0.717, 1.165) is 22.5 Å². The van der Waals surface area contributed by atoms with Gasteiger partial charge in [0.05, 0.1) is 10.6 Å². The minimum absolute atomic E-state index is 0.0296. The van der Waals surface area contributed by atoms with Crippen molar-refractivity contribution in [3.8, 4) is 5.69 Å². The number of amides is 1. The first kappa shape index (κ1) is 21.4. The number of nitrogens with one attached hydrogen (secondary N) is 1. The van der Waals surface area contributed by atoms with Gasteiger partial charge < -0.3 is 4.57 Å². The van der Waals surface area contributed by atoms with Gasteiger partial charge in [0.1, 0.15) is 10.9 Å². The van der Waals surface area contributed by atoms with Gasteiger partial charge in [-0.1, -0.05) is 41.9 Å². The molecule has 33 heavy (non-hydrogen) atoms. The van der Waals surface area contributed by atoms with Crippen molar-refractivity contribution < 1.29 is 9.18 Å². The molecule has 0 saturated heterocycles. The number of rotatable bonds is 3. The molecular formula is C24H17ClFN5OS. The highest BCUT2D eigenvalue weighted by Gasteiger charge is 2.36. The Labute approximate surface area is 198 Å². The van der Waals surface area contributed by atoms with Crippen molar-refractivity contribution in [2.24, 2.45) is 10.1 Å². The maximum atomic E-state index is 13.6. The zero-order valence-electron chi connectivity index (χ0n) is 17.6. The fourth-order valence-electron chi connectivity index (χ4n) is 3.80. The molecule has 1 N–H and O–H groups in total. The SMILES string of the molecule is Cc1cc(/C=C2\C(=N)N3N=C(c4ccccc4)SC3=NC2=O)c(C)n1-c1ccc(F)c(Cl)c1. The first-order valence-electron chi connectivity index (χ1n) is 10.0. The number of aromatic nitrogens is 1. The van der Waals surface area contributed by atoms with Crippen LogP contribution in [0.2, 0.25) is 5.02 Å². The molecule has 0 bridgehead atoms. The highest BCUT2D eigenvalue weighted by molar-refractivity contribution is 8.27. The van der Waals surface area contributed by atoms with E-state index in [9.17, 15) is 9.18 Å². The lowest BCUT2D eigenvalue weighted by Gasteiger charge is -2.20. The topological polar surface area (TPSA) is 73.8 Å². The summed E-state index contributed by atoms with van der Waals surface area (Å²) >= 11 is 7.23. The molecule has 1 aromatic heterocycles. The predicted molar refractivity (Wildman–Crippen MR) is 131 cm³/mol. The maximum Gasteiger partial charge on any atom is 0.283 e. The van der Waals surface area contributed by atoms with Crippen molar-refractivity contribution in [1.82, 2.24) is 9.58 Å². The summed E-state index contributed by atoms with van der Waals surface area (Å²) in [6.07, 6.45) is 1.65. The Morgan fingerprint density at radius 1 is 1.12 bits per heavy atom. The van der Waals surface area contributed by atoms with Gasteiger partial charge in [-0.3, -0.25) is 10.2 Å². The van der Waals surface area contributed by atoms with Crippen molar-refractivity contribution >= 4 is 51.4 Å². The first-order chi connectivity index (χ1) is 15.8.